The maximum Gasteiger partial charge on any atom is 0.261 e. The van der Waals surface area contributed by atoms with Crippen LogP contribution in [0.5, 0.6) is 5.75 Å². The highest BCUT2D eigenvalue weighted by atomic mass is 35.5. The second-order valence-electron chi connectivity index (χ2n) is 6.76. The lowest BCUT2D eigenvalue weighted by Gasteiger charge is -2.26. The van der Waals surface area contributed by atoms with Crippen molar-refractivity contribution in [2.45, 2.75) is 26.1 Å². The number of benzene rings is 2. The molecule has 1 fully saturated rings. The van der Waals surface area contributed by atoms with E-state index < -0.39 is 6.10 Å². The van der Waals surface area contributed by atoms with Gasteiger partial charge in [-0.3, -0.25) is 9.69 Å². The minimum absolute atomic E-state index is 0.205. The van der Waals surface area contributed by atoms with Gasteiger partial charge in [0.2, 0.25) is 0 Å². The summed E-state index contributed by atoms with van der Waals surface area (Å²) in [5.74, 6) is 0.226. The molecule has 0 bridgehead atoms. The summed E-state index contributed by atoms with van der Waals surface area (Å²) in [6.07, 6.45) is -0.667. The van der Waals surface area contributed by atoms with Gasteiger partial charge in [-0.2, -0.15) is 0 Å². The van der Waals surface area contributed by atoms with Gasteiger partial charge in [0.25, 0.3) is 5.91 Å². The lowest BCUT2D eigenvalue weighted by molar-refractivity contribution is -0.127. The number of hydrogen-bond donors (Lipinski definition) is 1. The van der Waals surface area contributed by atoms with Crippen molar-refractivity contribution >= 4 is 29.1 Å². The normalized spacial score (nSPS) is 15.8. The zero-order valence-electron chi connectivity index (χ0n) is 15.8. The van der Waals surface area contributed by atoms with E-state index in [0.717, 1.165) is 38.4 Å². The summed E-state index contributed by atoms with van der Waals surface area (Å²) in [6.45, 7) is 6.57. The summed E-state index contributed by atoms with van der Waals surface area (Å²) in [6, 6.07) is 13.2. The van der Waals surface area contributed by atoms with Gasteiger partial charge in [0, 0.05) is 31.2 Å². The third-order valence-electron chi connectivity index (χ3n) is 4.57. The van der Waals surface area contributed by atoms with E-state index in [1.54, 1.807) is 25.1 Å². The first-order valence-electron chi connectivity index (χ1n) is 9.28. The van der Waals surface area contributed by atoms with E-state index in [9.17, 15) is 4.79 Å². The van der Waals surface area contributed by atoms with Crippen LogP contribution in [0.2, 0.25) is 10.0 Å². The number of nitrogens with one attached hydrogen (secondary N) is 1. The second kappa shape index (κ2) is 10.1. The molecule has 2 aromatic rings. The largest absolute Gasteiger partial charge is 0.479 e. The van der Waals surface area contributed by atoms with Crippen LogP contribution in [-0.4, -0.2) is 43.2 Å². The van der Waals surface area contributed by atoms with Gasteiger partial charge < -0.3 is 14.8 Å². The third-order valence-corrected chi connectivity index (χ3v) is 5.10. The molecule has 0 aliphatic carbocycles. The van der Waals surface area contributed by atoms with Crippen molar-refractivity contribution in [3.8, 4) is 5.75 Å². The van der Waals surface area contributed by atoms with E-state index in [-0.39, 0.29) is 5.91 Å². The molecule has 0 saturated carbocycles. The molecule has 0 aromatic heterocycles. The number of amides is 1. The molecule has 1 N–H and O–H groups in total. The summed E-state index contributed by atoms with van der Waals surface area (Å²) < 4.78 is 11.0. The fourth-order valence-corrected chi connectivity index (χ4v) is 3.38. The molecule has 0 spiro atoms. The Labute approximate surface area is 175 Å². The van der Waals surface area contributed by atoms with Crippen molar-refractivity contribution < 1.29 is 14.3 Å². The molecule has 150 valence electrons. The Morgan fingerprint density at radius 3 is 2.50 bits per heavy atom. The van der Waals surface area contributed by atoms with Crippen LogP contribution in [0.4, 0.5) is 0 Å². The number of ether oxygens (including phenoxy) is 2. The van der Waals surface area contributed by atoms with Crippen LogP contribution >= 0.6 is 23.2 Å². The molecule has 28 heavy (non-hydrogen) atoms. The molecule has 1 heterocycles. The van der Waals surface area contributed by atoms with E-state index in [1.165, 1.54) is 5.56 Å². The van der Waals surface area contributed by atoms with Crippen LogP contribution in [0.15, 0.2) is 42.5 Å². The van der Waals surface area contributed by atoms with Gasteiger partial charge in [-0.25, -0.2) is 0 Å². The minimum Gasteiger partial charge on any atom is -0.479 e. The second-order valence-corrected chi connectivity index (χ2v) is 7.60. The topological polar surface area (TPSA) is 50.8 Å². The Morgan fingerprint density at radius 1 is 1.14 bits per heavy atom. The highest BCUT2D eigenvalue weighted by Gasteiger charge is 2.16. The Kier molecular flexibility index (Phi) is 7.57. The Hall–Kier alpha value is -1.79. The number of nitrogens with zero attached hydrogens (tertiary/aromatic N) is 1. The van der Waals surface area contributed by atoms with E-state index in [1.807, 2.05) is 12.1 Å². The maximum absolute atomic E-state index is 12.3. The minimum atomic E-state index is -0.667. The monoisotopic (exact) mass is 422 g/mol. The fourth-order valence-electron chi connectivity index (χ4n) is 2.93. The number of carbonyl (C=O) groups excluding carboxylic acids is 1. The first kappa shape index (κ1) is 20.9. The van der Waals surface area contributed by atoms with Crippen LogP contribution in [0, 0.1) is 0 Å². The van der Waals surface area contributed by atoms with E-state index >= 15 is 0 Å². The molecule has 5 nitrogen and oxygen atoms in total. The highest BCUT2D eigenvalue weighted by molar-refractivity contribution is 6.35. The van der Waals surface area contributed by atoms with Gasteiger partial charge in [0.1, 0.15) is 5.75 Å². The SMILES string of the molecule is C[C@@H](Oc1ccc(Cl)cc1Cl)C(=O)NCc1ccc(CN2CCOCC2)cc1. The predicted molar refractivity (Wildman–Crippen MR) is 111 cm³/mol. The van der Waals surface area contributed by atoms with Gasteiger partial charge in [0.05, 0.1) is 18.2 Å². The maximum atomic E-state index is 12.3. The number of rotatable bonds is 7. The lowest BCUT2D eigenvalue weighted by Crippen LogP contribution is -2.36. The Bertz CT molecular complexity index is 793. The molecule has 3 rings (SSSR count). The number of morpholine rings is 1. The average Bonchev–Trinajstić information content (AvgIpc) is 2.70. The van der Waals surface area contributed by atoms with E-state index in [4.69, 9.17) is 32.7 Å². The average molecular weight is 423 g/mol. The third kappa shape index (κ3) is 6.11. The molecule has 2 aromatic carbocycles. The van der Waals surface area contributed by atoms with Crippen molar-refractivity contribution in [3.05, 3.63) is 63.6 Å². The lowest BCUT2D eigenvalue weighted by atomic mass is 10.1. The van der Waals surface area contributed by atoms with Crippen LogP contribution in [0.3, 0.4) is 0 Å². The molecule has 1 aliphatic heterocycles. The summed E-state index contributed by atoms with van der Waals surface area (Å²) in [4.78, 5) is 14.7. The fraction of sp³-hybridized carbons (Fsp3) is 0.381. The number of halogens is 2. The van der Waals surface area contributed by atoms with Crippen molar-refractivity contribution in [1.82, 2.24) is 10.2 Å². The summed E-state index contributed by atoms with van der Waals surface area (Å²) in [5.41, 5.74) is 2.29. The summed E-state index contributed by atoms with van der Waals surface area (Å²) in [5, 5.41) is 3.79. The van der Waals surface area contributed by atoms with Crippen LogP contribution in [-0.2, 0) is 22.6 Å². The van der Waals surface area contributed by atoms with Crippen LogP contribution in [0.25, 0.3) is 0 Å². The molecule has 1 amide bonds. The van der Waals surface area contributed by atoms with Crippen LogP contribution in [0.1, 0.15) is 18.1 Å². The molecule has 0 radical (unpaired) electrons. The van der Waals surface area contributed by atoms with Gasteiger partial charge in [-0.15, -0.1) is 0 Å². The molecule has 1 saturated heterocycles. The predicted octanol–water partition coefficient (Wildman–Crippen LogP) is 3.91. The molecular formula is C21H24Cl2N2O3. The zero-order valence-corrected chi connectivity index (χ0v) is 17.3. The van der Waals surface area contributed by atoms with Gasteiger partial charge in [-0.1, -0.05) is 47.5 Å². The summed E-state index contributed by atoms with van der Waals surface area (Å²) >= 11 is 12.0. The Morgan fingerprint density at radius 2 is 1.82 bits per heavy atom. The smallest absolute Gasteiger partial charge is 0.261 e. The van der Waals surface area contributed by atoms with E-state index in [2.05, 4.69) is 22.3 Å². The van der Waals surface area contributed by atoms with Crippen molar-refractivity contribution in [3.63, 3.8) is 0 Å². The standard InChI is InChI=1S/C21H24Cl2N2O3/c1-15(28-20-7-6-18(22)12-19(20)23)21(26)24-13-16-2-4-17(5-3-16)14-25-8-10-27-11-9-25/h2-7,12,15H,8-11,13-14H2,1H3,(H,24,26)/t15-/m1/s1. The van der Waals surface area contributed by atoms with Gasteiger partial charge in [-0.05, 0) is 36.2 Å². The van der Waals surface area contributed by atoms with E-state index in [0.29, 0.717) is 22.3 Å². The van der Waals surface area contributed by atoms with Gasteiger partial charge in [0.15, 0.2) is 6.10 Å². The van der Waals surface area contributed by atoms with Crippen molar-refractivity contribution in [2.75, 3.05) is 26.3 Å². The molecule has 1 aliphatic rings. The highest BCUT2D eigenvalue weighted by Crippen LogP contribution is 2.28. The number of carbonyl (C=O) groups is 1. The molecule has 1 atom stereocenters. The molecule has 7 heteroatoms. The number of hydrogen-bond acceptors (Lipinski definition) is 4. The van der Waals surface area contributed by atoms with Gasteiger partial charge >= 0.3 is 0 Å². The Balaban J connectivity index is 1.46. The van der Waals surface area contributed by atoms with Crippen molar-refractivity contribution in [1.29, 1.82) is 0 Å². The first-order valence-corrected chi connectivity index (χ1v) is 10.0. The molecule has 0 unspecified atom stereocenters. The first-order chi connectivity index (χ1) is 13.5. The molecular weight excluding hydrogens is 399 g/mol. The van der Waals surface area contributed by atoms with Crippen molar-refractivity contribution in [2.24, 2.45) is 0 Å². The van der Waals surface area contributed by atoms with Crippen LogP contribution < -0.4 is 10.1 Å². The summed E-state index contributed by atoms with van der Waals surface area (Å²) in [7, 11) is 0. The zero-order chi connectivity index (χ0) is 19.9. The quantitative estimate of drug-likeness (QED) is 0.734.